The zero-order chi connectivity index (χ0) is 33.0. The van der Waals surface area contributed by atoms with Crippen LogP contribution in [0, 0.1) is 12.3 Å². The number of anilines is 2. The van der Waals surface area contributed by atoms with Crippen LogP contribution in [0.25, 0.3) is 10.8 Å². The average molecular weight is 618 g/mol. The minimum atomic E-state index is -0.340. The predicted octanol–water partition coefficient (Wildman–Crippen LogP) is 5.78. The van der Waals surface area contributed by atoms with E-state index in [4.69, 9.17) is 9.47 Å². The molecule has 5 N–H and O–H groups in total. The number of ether oxygens (including phenoxy) is 2. The Hall–Kier alpha value is -4.12. The standard InChI is InChI=1S/C34H46N6O3.CH5N/c1-24-12-13-26(22-35-24)36-32(16-17-34(3,4)5)38-33(41)37-29-14-15-30(28-11-9-8-10-27(28)29)42-20-18-40-19-21-43-31(23-40)25(2)39(6)7;1-2/h8-16,22,31,36H,2,17-21,23H2,1,3-7H3,(H2,37,38,41);2H2,1H3/b32-16+;. The Kier molecular flexibility index (Phi) is 13.2. The largest absolute Gasteiger partial charge is 0.492 e. The lowest BCUT2D eigenvalue weighted by molar-refractivity contribution is -0.0215. The van der Waals surface area contributed by atoms with Crippen LogP contribution in [0.2, 0.25) is 0 Å². The summed E-state index contributed by atoms with van der Waals surface area (Å²) < 4.78 is 12.2. The van der Waals surface area contributed by atoms with E-state index in [1.807, 2.05) is 80.5 Å². The molecular formula is C35H51N7O3. The molecule has 1 aliphatic heterocycles. The highest BCUT2D eigenvalue weighted by Crippen LogP contribution is 2.32. The van der Waals surface area contributed by atoms with Gasteiger partial charge in [0.15, 0.2) is 0 Å². The number of nitrogens with one attached hydrogen (secondary N) is 3. The van der Waals surface area contributed by atoms with Gasteiger partial charge < -0.3 is 30.7 Å². The average Bonchev–Trinajstić information content (AvgIpc) is 3.02. The Balaban J connectivity index is 0.00000271. The molecule has 0 aliphatic carbocycles. The van der Waals surface area contributed by atoms with Gasteiger partial charge in [0.1, 0.15) is 24.3 Å². The van der Waals surface area contributed by atoms with Crippen LogP contribution in [-0.4, -0.2) is 80.9 Å². The molecule has 1 unspecified atom stereocenters. The molecule has 45 heavy (non-hydrogen) atoms. The summed E-state index contributed by atoms with van der Waals surface area (Å²) in [5, 5.41) is 11.2. The highest BCUT2D eigenvalue weighted by Gasteiger charge is 2.23. The van der Waals surface area contributed by atoms with Crippen LogP contribution < -0.4 is 26.4 Å². The van der Waals surface area contributed by atoms with E-state index in [0.29, 0.717) is 24.7 Å². The molecule has 3 aromatic rings. The Morgan fingerprint density at radius 3 is 2.53 bits per heavy atom. The van der Waals surface area contributed by atoms with Gasteiger partial charge in [-0.05, 0) is 56.1 Å². The van der Waals surface area contributed by atoms with Crippen LogP contribution in [0.1, 0.15) is 32.9 Å². The fraction of sp³-hybridized carbons (Fsp3) is 0.429. The van der Waals surface area contributed by atoms with Crippen molar-refractivity contribution in [3.05, 3.63) is 84.6 Å². The van der Waals surface area contributed by atoms with E-state index in [2.05, 4.69) is 58.9 Å². The number of amides is 2. The van der Waals surface area contributed by atoms with E-state index in [9.17, 15) is 4.79 Å². The normalized spacial score (nSPS) is 15.5. The van der Waals surface area contributed by atoms with E-state index in [1.54, 1.807) is 6.20 Å². The second kappa shape index (κ2) is 16.8. The Labute approximate surface area is 268 Å². The molecule has 1 aliphatic rings. The van der Waals surface area contributed by atoms with Crippen LogP contribution in [0.15, 0.2) is 78.9 Å². The topological polar surface area (TPSA) is 117 Å². The van der Waals surface area contributed by atoms with Crippen molar-refractivity contribution in [3.8, 4) is 5.75 Å². The first kappa shape index (κ1) is 35.4. The zero-order valence-corrected chi connectivity index (χ0v) is 27.9. The lowest BCUT2D eigenvalue weighted by Crippen LogP contribution is -2.46. The molecule has 4 rings (SSSR count). The van der Waals surface area contributed by atoms with Gasteiger partial charge in [0.2, 0.25) is 0 Å². The van der Waals surface area contributed by atoms with E-state index in [0.717, 1.165) is 59.7 Å². The first-order valence-electron chi connectivity index (χ1n) is 15.4. The second-order valence-corrected chi connectivity index (χ2v) is 12.3. The van der Waals surface area contributed by atoms with Gasteiger partial charge in [-0.1, -0.05) is 51.6 Å². The summed E-state index contributed by atoms with van der Waals surface area (Å²) in [7, 11) is 5.48. The zero-order valence-electron chi connectivity index (χ0n) is 27.9. The summed E-state index contributed by atoms with van der Waals surface area (Å²) in [5.41, 5.74) is 7.96. The van der Waals surface area contributed by atoms with Gasteiger partial charge in [-0.15, -0.1) is 0 Å². The molecule has 10 nitrogen and oxygen atoms in total. The molecule has 1 aromatic heterocycles. The van der Waals surface area contributed by atoms with Gasteiger partial charge in [-0.3, -0.25) is 15.2 Å². The van der Waals surface area contributed by atoms with Crippen LogP contribution in [-0.2, 0) is 4.74 Å². The third kappa shape index (κ3) is 11.1. The molecule has 2 aromatic carbocycles. The third-order valence-electron chi connectivity index (χ3n) is 7.25. The van der Waals surface area contributed by atoms with Gasteiger partial charge in [0, 0.05) is 55.9 Å². The van der Waals surface area contributed by atoms with Crippen molar-refractivity contribution < 1.29 is 14.3 Å². The van der Waals surface area contributed by atoms with Gasteiger partial charge in [-0.25, -0.2) is 4.79 Å². The smallest absolute Gasteiger partial charge is 0.324 e. The number of pyridine rings is 1. The number of hydrogen-bond acceptors (Lipinski definition) is 8. The fourth-order valence-electron chi connectivity index (χ4n) is 4.70. The van der Waals surface area contributed by atoms with Crippen LogP contribution in [0.4, 0.5) is 16.2 Å². The Morgan fingerprint density at radius 1 is 1.13 bits per heavy atom. The fourth-order valence-corrected chi connectivity index (χ4v) is 4.70. The number of nitrogens with zero attached hydrogens (tertiary/aromatic N) is 3. The maximum absolute atomic E-state index is 13.2. The number of morpholine rings is 1. The summed E-state index contributed by atoms with van der Waals surface area (Å²) in [6, 6.07) is 15.3. The minimum absolute atomic E-state index is 0.00587. The molecule has 2 amide bonds. The SMILES string of the molecule is C=C(C1CN(CCOc2ccc(NC(=O)N/C(=C/CC(C)(C)C)Nc3ccc(C)nc3)c3ccccc23)CCO1)N(C)C.CN. The molecule has 1 atom stereocenters. The summed E-state index contributed by atoms with van der Waals surface area (Å²) in [4.78, 5) is 21.9. The van der Waals surface area contributed by atoms with E-state index < -0.39 is 0 Å². The van der Waals surface area contributed by atoms with Crippen molar-refractivity contribution in [2.75, 3.05) is 64.6 Å². The molecule has 0 spiro atoms. The Bertz CT molecular complexity index is 1430. The lowest BCUT2D eigenvalue weighted by Gasteiger charge is -2.35. The molecule has 0 saturated carbocycles. The molecule has 0 radical (unpaired) electrons. The quantitative estimate of drug-likeness (QED) is 0.214. The predicted molar refractivity (Wildman–Crippen MR) is 185 cm³/mol. The molecular weight excluding hydrogens is 566 g/mol. The van der Waals surface area contributed by atoms with E-state index in [1.165, 1.54) is 7.05 Å². The minimum Gasteiger partial charge on any atom is -0.492 e. The van der Waals surface area contributed by atoms with E-state index in [-0.39, 0.29) is 17.6 Å². The van der Waals surface area contributed by atoms with Gasteiger partial charge >= 0.3 is 6.03 Å². The molecule has 10 heteroatoms. The highest BCUT2D eigenvalue weighted by atomic mass is 16.5. The maximum atomic E-state index is 13.2. The Morgan fingerprint density at radius 2 is 1.87 bits per heavy atom. The first-order chi connectivity index (χ1) is 21.5. The molecule has 244 valence electrons. The maximum Gasteiger partial charge on any atom is 0.324 e. The van der Waals surface area contributed by atoms with Crippen molar-refractivity contribution >= 4 is 28.2 Å². The number of aromatic nitrogens is 1. The number of likely N-dealkylation sites (N-methyl/N-ethyl adjacent to an activating group) is 1. The summed E-state index contributed by atoms with van der Waals surface area (Å²) in [6.07, 6.45) is 4.53. The lowest BCUT2D eigenvalue weighted by atomic mass is 9.92. The van der Waals surface area contributed by atoms with E-state index >= 15 is 0 Å². The molecule has 2 heterocycles. The molecule has 1 fully saturated rings. The highest BCUT2D eigenvalue weighted by molar-refractivity contribution is 6.04. The van der Waals surface area contributed by atoms with Crippen LogP contribution >= 0.6 is 0 Å². The molecule has 0 bridgehead atoms. The van der Waals surface area contributed by atoms with Crippen LogP contribution in [0.3, 0.4) is 0 Å². The number of urea groups is 1. The number of allylic oxidation sites excluding steroid dienone is 1. The number of rotatable bonds is 11. The number of hydrogen-bond donors (Lipinski definition) is 4. The van der Waals surface area contributed by atoms with Crippen molar-refractivity contribution in [2.45, 2.75) is 40.2 Å². The summed E-state index contributed by atoms with van der Waals surface area (Å²) in [5.74, 6) is 1.38. The number of aryl methyl sites for hydroxylation is 1. The van der Waals surface area contributed by atoms with Crippen molar-refractivity contribution in [2.24, 2.45) is 11.1 Å². The number of benzene rings is 2. The number of carbonyl (C=O) groups excluding carboxylic acids is 1. The number of fused-ring (bicyclic) bond motifs is 1. The van der Waals surface area contributed by atoms with Crippen molar-refractivity contribution in [1.29, 1.82) is 0 Å². The summed E-state index contributed by atoms with van der Waals surface area (Å²) >= 11 is 0. The third-order valence-corrected chi connectivity index (χ3v) is 7.25. The monoisotopic (exact) mass is 617 g/mol. The number of carbonyl (C=O) groups is 1. The number of nitrogens with two attached hydrogens (primary N) is 1. The summed E-state index contributed by atoms with van der Waals surface area (Å²) in [6.45, 7) is 16.2. The van der Waals surface area contributed by atoms with Gasteiger partial charge in [0.25, 0.3) is 0 Å². The van der Waals surface area contributed by atoms with Crippen LogP contribution in [0.5, 0.6) is 5.75 Å². The first-order valence-corrected chi connectivity index (χ1v) is 15.4. The second-order valence-electron chi connectivity index (χ2n) is 12.3. The van der Waals surface area contributed by atoms with Gasteiger partial charge in [0.05, 0.1) is 24.2 Å². The van der Waals surface area contributed by atoms with Crippen molar-refractivity contribution in [1.82, 2.24) is 20.1 Å². The van der Waals surface area contributed by atoms with Crippen molar-refractivity contribution in [3.63, 3.8) is 0 Å². The van der Waals surface area contributed by atoms with Gasteiger partial charge in [-0.2, -0.15) is 0 Å². The molecule has 1 saturated heterocycles.